The normalized spacial score (nSPS) is 12.1. The number of carbonyl (C=O) groups is 1. The minimum atomic E-state index is -0.452. The Morgan fingerprint density at radius 2 is 2.20 bits per heavy atom. The molecular formula is C14H14N2O4. The number of ketones is 1. The number of pyridine rings is 1. The van der Waals surface area contributed by atoms with Crippen LogP contribution >= 0.6 is 0 Å². The Morgan fingerprint density at radius 1 is 1.45 bits per heavy atom. The second-order valence-corrected chi connectivity index (χ2v) is 4.57. The Hall–Kier alpha value is -2.50. The highest BCUT2D eigenvalue weighted by Gasteiger charge is 2.17. The van der Waals surface area contributed by atoms with Crippen molar-refractivity contribution in [3.8, 4) is 5.75 Å². The van der Waals surface area contributed by atoms with Gasteiger partial charge in [0, 0.05) is 18.7 Å². The van der Waals surface area contributed by atoms with E-state index in [1.54, 1.807) is 25.3 Å². The van der Waals surface area contributed by atoms with Crippen molar-refractivity contribution in [2.75, 3.05) is 0 Å². The number of hydrogen-bond donors (Lipinski definition) is 0. The standard InChI is InChI=1S/C14H14N2O4/c1-9(17)8-10(2)20-13-6-5-12(16(18)19)11-4-3-7-15-14(11)13/h3-7,10H,8H2,1-2H3. The molecule has 0 saturated carbocycles. The van der Waals surface area contributed by atoms with Gasteiger partial charge in [0.25, 0.3) is 5.69 Å². The van der Waals surface area contributed by atoms with Gasteiger partial charge in [0.05, 0.1) is 10.3 Å². The molecule has 20 heavy (non-hydrogen) atoms. The van der Waals surface area contributed by atoms with Crippen LogP contribution in [0.2, 0.25) is 0 Å². The zero-order valence-corrected chi connectivity index (χ0v) is 11.2. The van der Waals surface area contributed by atoms with Gasteiger partial charge in [-0.2, -0.15) is 0 Å². The third kappa shape index (κ3) is 2.90. The zero-order valence-electron chi connectivity index (χ0n) is 11.2. The van der Waals surface area contributed by atoms with Crippen LogP contribution in [-0.2, 0) is 4.79 Å². The molecule has 0 saturated heterocycles. The van der Waals surface area contributed by atoms with E-state index in [1.807, 2.05) is 0 Å². The van der Waals surface area contributed by atoms with Crippen molar-refractivity contribution in [2.45, 2.75) is 26.4 Å². The van der Waals surface area contributed by atoms with E-state index in [1.165, 1.54) is 19.1 Å². The number of rotatable bonds is 5. The number of hydrogen-bond acceptors (Lipinski definition) is 5. The van der Waals surface area contributed by atoms with Gasteiger partial charge in [0.2, 0.25) is 0 Å². The van der Waals surface area contributed by atoms with Crippen LogP contribution in [0.25, 0.3) is 10.9 Å². The Kier molecular flexibility index (Phi) is 3.93. The predicted octanol–water partition coefficient (Wildman–Crippen LogP) is 2.89. The second kappa shape index (κ2) is 5.64. The minimum absolute atomic E-state index is 0.0142. The molecule has 0 aliphatic rings. The van der Waals surface area contributed by atoms with Crippen molar-refractivity contribution in [2.24, 2.45) is 0 Å². The van der Waals surface area contributed by atoms with Crippen LogP contribution in [0.4, 0.5) is 5.69 Å². The number of benzene rings is 1. The first-order valence-corrected chi connectivity index (χ1v) is 6.17. The minimum Gasteiger partial charge on any atom is -0.488 e. The van der Waals surface area contributed by atoms with Crippen LogP contribution in [0.3, 0.4) is 0 Å². The van der Waals surface area contributed by atoms with Crippen molar-refractivity contribution in [3.05, 3.63) is 40.6 Å². The summed E-state index contributed by atoms with van der Waals surface area (Å²) >= 11 is 0. The molecule has 0 radical (unpaired) electrons. The first-order valence-electron chi connectivity index (χ1n) is 6.17. The van der Waals surface area contributed by atoms with Crippen molar-refractivity contribution in [1.29, 1.82) is 0 Å². The van der Waals surface area contributed by atoms with Crippen LogP contribution in [0, 0.1) is 10.1 Å². The molecule has 1 aromatic heterocycles. The maximum atomic E-state index is 11.1. The van der Waals surface area contributed by atoms with Gasteiger partial charge >= 0.3 is 0 Å². The van der Waals surface area contributed by atoms with Crippen LogP contribution < -0.4 is 4.74 Å². The molecule has 104 valence electrons. The number of non-ortho nitro benzene ring substituents is 1. The average Bonchev–Trinajstić information content (AvgIpc) is 2.37. The van der Waals surface area contributed by atoms with Gasteiger partial charge in [-0.25, -0.2) is 0 Å². The molecule has 0 amide bonds. The fourth-order valence-corrected chi connectivity index (χ4v) is 2.05. The summed E-state index contributed by atoms with van der Waals surface area (Å²) in [7, 11) is 0. The molecule has 0 bridgehead atoms. The lowest BCUT2D eigenvalue weighted by molar-refractivity contribution is -0.383. The summed E-state index contributed by atoms with van der Waals surface area (Å²) in [5, 5.41) is 11.4. The van der Waals surface area contributed by atoms with Gasteiger partial charge in [-0.1, -0.05) is 0 Å². The molecule has 0 fully saturated rings. The van der Waals surface area contributed by atoms with Crippen molar-refractivity contribution < 1.29 is 14.5 Å². The van der Waals surface area contributed by atoms with Crippen LogP contribution in [0.1, 0.15) is 20.3 Å². The maximum Gasteiger partial charge on any atom is 0.279 e. The highest BCUT2D eigenvalue weighted by atomic mass is 16.6. The topological polar surface area (TPSA) is 82.3 Å². The molecule has 0 aliphatic carbocycles. The summed E-state index contributed by atoms with van der Waals surface area (Å²) in [6.07, 6.45) is 1.53. The summed E-state index contributed by atoms with van der Waals surface area (Å²) in [6, 6.07) is 6.17. The SMILES string of the molecule is CC(=O)CC(C)Oc1ccc([N+](=O)[O-])c2cccnc12. The first-order chi connectivity index (χ1) is 9.49. The van der Waals surface area contributed by atoms with Crippen molar-refractivity contribution >= 4 is 22.4 Å². The molecule has 1 atom stereocenters. The highest BCUT2D eigenvalue weighted by molar-refractivity contribution is 5.92. The molecule has 0 N–H and O–H groups in total. The van der Waals surface area contributed by atoms with Crippen molar-refractivity contribution in [1.82, 2.24) is 4.98 Å². The average molecular weight is 274 g/mol. The fourth-order valence-electron chi connectivity index (χ4n) is 2.05. The maximum absolute atomic E-state index is 11.1. The molecule has 1 aromatic carbocycles. The third-order valence-electron chi connectivity index (χ3n) is 2.81. The number of nitro groups is 1. The number of ether oxygens (including phenoxy) is 1. The Morgan fingerprint density at radius 3 is 2.85 bits per heavy atom. The molecule has 6 heteroatoms. The molecule has 1 heterocycles. The van der Waals surface area contributed by atoms with Gasteiger partial charge < -0.3 is 4.74 Å². The molecule has 0 spiro atoms. The summed E-state index contributed by atoms with van der Waals surface area (Å²) in [4.78, 5) is 25.7. The van der Waals surface area contributed by atoms with E-state index in [9.17, 15) is 14.9 Å². The van der Waals surface area contributed by atoms with E-state index in [4.69, 9.17) is 4.74 Å². The Balaban J connectivity index is 2.43. The number of carbonyl (C=O) groups excluding carboxylic acids is 1. The van der Waals surface area contributed by atoms with Crippen LogP contribution in [-0.4, -0.2) is 21.8 Å². The Bertz CT molecular complexity index is 669. The molecule has 0 aliphatic heterocycles. The molecule has 6 nitrogen and oxygen atoms in total. The lowest BCUT2D eigenvalue weighted by atomic mass is 10.1. The fraction of sp³-hybridized carbons (Fsp3) is 0.286. The van der Waals surface area contributed by atoms with E-state index in [0.717, 1.165) is 0 Å². The van der Waals surface area contributed by atoms with E-state index in [2.05, 4.69) is 4.98 Å². The van der Waals surface area contributed by atoms with Crippen molar-refractivity contribution in [3.63, 3.8) is 0 Å². The summed E-state index contributed by atoms with van der Waals surface area (Å²) < 4.78 is 5.67. The largest absolute Gasteiger partial charge is 0.488 e. The van der Waals surface area contributed by atoms with Gasteiger partial charge in [-0.05, 0) is 32.0 Å². The number of nitro benzene ring substituents is 1. The smallest absolute Gasteiger partial charge is 0.279 e. The van der Waals surface area contributed by atoms with E-state index >= 15 is 0 Å². The quantitative estimate of drug-likeness (QED) is 0.618. The monoisotopic (exact) mass is 274 g/mol. The Labute approximate surface area is 115 Å². The number of aromatic nitrogens is 1. The lowest BCUT2D eigenvalue weighted by Gasteiger charge is -2.14. The molecule has 2 rings (SSSR count). The predicted molar refractivity (Wildman–Crippen MR) is 73.8 cm³/mol. The highest BCUT2D eigenvalue weighted by Crippen LogP contribution is 2.31. The van der Waals surface area contributed by atoms with E-state index < -0.39 is 4.92 Å². The van der Waals surface area contributed by atoms with Gasteiger partial charge in [0.1, 0.15) is 23.2 Å². The first kappa shape index (κ1) is 13.9. The number of fused-ring (bicyclic) bond motifs is 1. The third-order valence-corrected chi connectivity index (χ3v) is 2.81. The van der Waals surface area contributed by atoms with Gasteiger partial charge in [0.15, 0.2) is 0 Å². The van der Waals surface area contributed by atoms with E-state index in [-0.39, 0.29) is 24.0 Å². The summed E-state index contributed by atoms with van der Waals surface area (Å²) in [5.41, 5.74) is 0.414. The van der Waals surface area contributed by atoms with Gasteiger partial charge in [-0.3, -0.25) is 19.9 Å². The molecule has 2 aromatic rings. The zero-order chi connectivity index (χ0) is 14.7. The molecular weight excluding hydrogens is 260 g/mol. The molecule has 1 unspecified atom stereocenters. The van der Waals surface area contributed by atoms with Crippen LogP contribution in [0.5, 0.6) is 5.75 Å². The summed E-state index contributed by atoms with van der Waals surface area (Å²) in [5.74, 6) is 0.469. The summed E-state index contributed by atoms with van der Waals surface area (Å²) in [6.45, 7) is 3.27. The number of nitrogens with zero attached hydrogens (tertiary/aromatic N) is 2. The van der Waals surface area contributed by atoms with E-state index in [0.29, 0.717) is 16.7 Å². The second-order valence-electron chi connectivity index (χ2n) is 4.57. The van der Waals surface area contributed by atoms with Gasteiger partial charge in [-0.15, -0.1) is 0 Å². The lowest BCUT2D eigenvalue weighted by Crippen LogP contribution is -2.15. The number of Topliss-reactive ketones (excluding diaryl/α,β-unsaturated/α-hetero) is 1. The van der Waals surface area contributed by atoms with Crippen LogP contribution in [0.15, 0.2) is 30.5 Å².